The summed E-state index contributed by atoms with van der Waals surface area (Å²) in [7, 11) is 0. The topological polar surface area (TPSA) is 80.9 Å². The van der Waals surface area contributed by atoms with E-state index in [1.165, 1.54) is 11.3 Å². The van der Waals surface area contributed by atoms with E-state index in [9.17, 15) is 4.79 Å². The third kappa shape index (κ3) is 4.73. The van der Waals surface area contributed by atoms with Gasteiger partial charge < -0.3 is 11.1 Å². The average molecular weight is 353 g/mol. The molecule has 5 nitrogen and oxygen atoms in total. The molecule has 1 fully saturated rings. The van der Waals surface area contributed by atoms with Crippen LogP contribution >= 0.6 is 23.7 Å². The Labute approximate surface area is 146 Å². The van der Waals surface area contributed by atoms with Gasteiger partial charge >= 0.3 is 0 Å². The molecule has 2 atom stereocenters. The smallest absolute Gasteiger partial charge is 0.223 e. The first-order valence-corrected chi connectivity index (χ1v) is 8.45. The molecule has 1 aliphatic rings. The number of hydrogen-bond acceptors (Lipinski definition) is 5. The molecule has 2 unspecified atom stereocenters. The lowest BCUT2D eigenvalue weighted by molar-refractivity contribution is -0.126. The Kier molecular flexibility index (Phi) is 6.50. The van der Waals surface area contributed by atoms with E-state index < -0.39 is 0 Å². The highest BCUT2D eigenvalue weighted by atomic mass is 35.5. The van der Waals surface area contributed by atoms with Gasteiger partial charge in [-0.2, -0.15) is 0 Å². The van der Waals surface area contributed by atoms with Gasteiger partial charge in [0.1, 0.15) is 10.0 Å². The number of nitrogens with two attached hydrogens (primary N) is 1. The molecular weight excluding hydrogens is 332 g/mol. The van der Waals surface area contributed by atoms with Crippen LogP contribution in [0, 0.1) is 5.92 Å². The Bertz CT molecular complexity index is 634. The average Bonchev–Trinajstić information content (AvgIpc) is 3.02. The molecule has 1 heterocycles. The minimum Gasteiger partial charge on any atom is -0.349 e. The van der Waals surface area contributed by atoms with Crippen molar-refractivity contribution in [1.29, 1.82) is 0 Å². The maximum absolute atomic E-state index is 12.2. The van der Waals surface area contributed by atoms with Gasteiger partial charge in [0.2, 0.25) is 5.91 Å². The van der Waals surface area contributed by atoms with Gasteiger partial charge in [-0.05, 0) is 19.3 Å². The van der Waals surface area contributed by atoms with Crippen LogP contribution in [0.5, 0.6) is 0 Å². The molecule has 0 saturated heterocycles. The van der Waals surface area contributed by atoms with E-state index in [1.54, 1.807) is 0 Å². The van der Waals surface area contributed by atoms with Gasteiger partial charge in [0.25, 0.3) is 0 Å². The SMILES string of the molecule is Cl.NC1CCCC(C(=O)NCc2nnc(-c3ccccc3)s2)C1. The van der Waals surface area contributed by atoms with E-state index in [1.807, 2.05) is 30.3 Å². The first-order valence-electron chi connectivity index (χ1n) is 7.63. The Morgan fingerprint density at radius 3 is 2.78 bits per heavy atom. The van der Waals surface area contributed by atoms with Crippen LogP contribution in [0.15, 0.2) is 30.3 Å². The molecule has 1 amide bonds. The summed E-state index contributed by atoms with van der Waals surface area (Å²) in [4.78, 5) is 12.2. The van der Waals surface area contributed by atoms with Crippen LogP contribution in [0.1, 0.15) is 30.7 Å². The summed E-state index contributed by atoms with van der Waals surface area (Å²) in [5.41, 5.74) is 6.99. The molecule has 2 aromatic rings. The lowest BCUT2D eigenvalue weighted by Gasteiger charge is -2.25. The van der Waals surface area contributed by atoms with Gasteiger partial charge in [0.05, 0.1) is 6.54 Å². The molecule has 124 valence electrons. The van der Waals surface area contributed by atoms with Gasteiger partial charge in [-0.3, -0.25) is 4.79 Å². The fourth-order valence-corrected chi connectivity index (χ4v) is 3.58. The zero-order valence-corrected chi connectivity index (χ0v) is 14.4. The van der Waals surface area contributed by atoms with Crippen LogP contribution in [0.4, 0.5) is 0 Å². The third-order valence-corrected chi connectivity index (χ3v) is 4.96. The number of nitrogens with zero attached hydrogens (tertiary/aromatic N) is 2. The molecule has 0 bridgehead atoms. The number of benzene rings is 1. The first kappa shape index (κ1) is 17.8. The summed E-state index contributed by atoms with van der Waals surface area (Å²) in [5, 5.41) is 13.0. The maximum Gasteiger partial charge on any atom is 0.223 e. The van der Waals surface area contributed by atoms with Gasteiger partial charge in [-0.25, -0.2) is 0 Å². The second-order valence-corrected chi connectivity index (χ2v) is 6.77. The van der Waals surface area contributed by atoms with Gasteiger partial charge in [0.15, 0.2) is 0 Å². The molecule has 1 aromatic carbocycles. The highest BCUT2D eigenvalue weighted by Gasteiger charge is 2.25. The molecular formula is C16H21ClN4OS. The van der Waals surface area contributed by atoms with Crippen LogP contribution in [-0.2, 0) is 11.3 Å². The van der Waals surface area contributed by atoms with Crippen LogP contribution in [0.25, 0.3) is 10.6 Å². The number of carbonyl (C=O) groups is 1. The molecule has 3 N–H and O–H groups in total. The fourth-order valence-electron chi connectivity index (χ4n) is 2.80. The fraction of sp³-hybridized carbons (Fsp3) is 0.438. The summed E-state index contributed by atoms with van der Waals surface area (Å²) in [6, 6.07) is 10.1. The molecule has 7 heteroatoms. The monoisotopic (exact) mass is 352 g/mol. The Balaban J connectivity index is 0.00000192. The number of nitrogens with one attached hydrogen (secondary N) is 1. The van der Waals surface area contributed by atoms with Crippen molar-refractivity contribution >= 4 is 29.7 Å². The normalized spacial score (nSPS) is 20.6. The Hall–Kier alpha value is -1.50. The summed E-state index contributed by atoms with van der Waals surface area (Å²) in [6.07, 6.45) is 3.79. The van der Waals surface area contributed by atoms with Crippen molar-refractivity contribution < 1.29 is 4.79 Å². The largest absolute Gasteiger partial charge is 0.349 e. The number of carbonyl (C=O) groups excluding carboxylic acids is 1. The van der Waals surface area contributed by atoms with Crippen molar-refractivity contribution in [2.75, 3.05) is 0 Å². The summed E-state index contributed by atoms with van der Waals surface area (Å²) >= 11 is 1.51. The highest BCUT2D eigenvalue weighted by molar-refractivity contribution is 7.14. The molecule has 1 aliphatic carbocycles. The Morgan fingerprint density at radius 2 is 2.04 bits per heavy atom. The van der Waals surface area contributed by atoms with Gasteiger partial charge in [-0.15, -0.1) is 22.6 Å². The number of hydrogen-bond donors (Lipinski definition) is 2. The van der Waals surface area contributed by atoms with Crippen LogP contribution in [0.2, 0.25) is 0 Å². The molecule has 3 rings (SSSR count). The minimum absolute atomic E-state index is 0. The van der Waals surface area contributed by atoms with Crippen LogP contribution < -0.4 is 11.1 Å². The van der Waals surface area contributed by atoms with Gasteiger partial charge in [0, 0.05) is 17.5 Å². The van der Waals surface area contributed by atoms with E-state index in [2.05, 4.69) is 15.5 Å². The Morgan fingerprint density at radius 1 is 1.26 bits per heavy atom. The molecule has 1 aromatic heterocycles. The number of halogens is 1. The maximum atomic E-state index is 12.2. The van der Waals surface area contributed by atoms with Crippen molar-refractivity contribution in [3.63, 3.8) is 0 Å². The van der Waals surface area contributed by atoms with E-state index in [0.717, 1.165) is 41.3 Å². The van der Waals surface area contributed by atoms with Crippen molar-refractivity contribution in [3.05, 3.63) is 35.3 Å². The summed E-state index contributed by atoms with van der Waals surface area (Å²) < 4.78 is 0. The van der Waals surface area contributed by atoms with E-state index in [-0.39, 0.29) is 30.3 Å². The zero-order chi connectivity index (χ0) is 15.4. The summed E-state index contributed by atoms with van der Waals surface area (Å²) in [5.74, 6) is 0.136. The van der Waals surface area contributed by atoms with Crippen LogP contribution in [-0.4, -0.2) is 22.1 Å². The third-order valence-electron chi connectivity index (χ3n) is 3.99. The highest BCUT2D eigenvalue weighted by Crippen LogP contribution is 2.24. The predicted molar refractivity (Wildman–Crippen MR) is 94.4 cm³/mol. The van der Waals surface area contributed by atoms with Gasteiger partial charge in [-0.1, -0.05) is 48.1 Å². The predicted octanol–water partition coefficient (Wildman–Crippen LogP) is 2.76. The molecule has 23 heavy (non-hydrogen) atoms. The second kappa shape index (κ2) is 8.38. The standard InChI is InChI=1S/C16H20N4OS.ClH/c17-13-8-4-7-12(9-13)15(21)18-10-14-19-20-16(22-14)11-5-2-1-3-6-11;/h1-3,5-6,12-13H,4,7-10,17H2,(H,18,21);1H. The first-order chi connectivity index (χ1) is 10.7. The molecule has 0 radical (unpaired) electrons. The lowest BCUT2D eigenvalue weighted by atomic mass is 9.85. The molecule has 0 spiro atoms. The number of aromatic nitrogens is 2. The number of amides is 1. The van der Waals surface area contributed by atoms with Crippen molar-refractivity contribution in [2.24, 2.45) is 11.7 Å². The lowest BCUT2D eigenvalue weighted by Crippen LogP contribution is -2.37. The van der Waals surface area contributed by atoms with E-state index in [4.69, 9.17) is 5.73 Å². The summed E-state index contributed by atoms with van der Waals surface area (Å²) in [6.45, 7) is 0.440. The van der Waals surface area contributed by atoms with Crippen molar-refractivity contribution in [1.82, 2.24) is 15.5 Å². The van der Waals surface area contributed by atoms with Crippen molar-refractivity contribution in [3.8, 4) is 10.6 Å². The molecule has 0 aliphatic heterocycles. The second-order valence-electron chi connectivity index (χ2n) is 5.71. The number of rotatable bonds is 4. The van der Waals surface area contributed by atoms with E-state index >= 15 is 0 Å². The quantitative estimate of drug-likeness (QED) is 0.886. The zero-order valence-electron chi connectivity index (χ0n) is 12.8. The van der Waals surface area contributed by atoms with Crippen molar-refractivity contribution in [2.45, 2.75) is 38.3 Å². The van der Waals surface area contributed by atoms with Crippen LogP contribution in [0.3, 0.4) is 0 Å². The molecule has 1 saturated carbocycles. The minimum atomic E-state index is 0. The van der Waals surface area contributed by atoms with E-state index in [0.29, 0.717) is 6.54 Å².